The Kier molecular flexibility index (Phi) is 3.70. The molecule has 0 bridgehead atoms. The Morgan fingerprint density at radius 3 is 2.59 bits per heavy atom. The molecule has 0 unspecified atom stereocenters. The lowest BCUT2D eigenvalue weighted by Gasteiger charge is -2.09. The molecule has 0 aliphatic heterocycles. The van der Waals surface area contributed by atoms with Gasteiger partial charge in [-0.25, -0.2) is 0 Å². The van der Waals surface area contributed by atoms with Crippen LogP contribution in [0.3, 0.4) is 0 Å². The van der Waals surface area contributed by atoms with Crippen molar-refractivity contribution in [2.75, 3.05) is 0 Å². The van der Waals surface area contributed by atoms with Crippen LogP contribution in [0.5, 0.6) is 0 Å². The molecule has 0 atom stereocenters. The number of carbonyl (C=O) groups is 1. The van der Waals surface area contributed by atoms with E-state index in [1.165, 1.54) is 4.57 Å². The number of carbonyl (C=O) groups excluding carboxylic acids is 1. The summed E-state index contributed by atoms with van der Waals surface area (Å²) in [5.41, 5.74) is 1.15. The highest BCUT2D eigenvalue weighted by Gasteiger charge is 2.13. The standard InChI is InChI=1S/C17H15N3O2/c1-20-11-15(13-7-2-3-8-14(13)17(20)22)16(21)19-10-12-6-4-5-9-18-12/h2-9,11H,10H2,1H3,(H,19,21). The number of rotatable bonds is 3. The lowest BCUT2D eigenvalue weighted by atomic mass is 10.1. The normalized spacial score (nSPS) is 10.6. The van der Waals surface area contributed by atoms with E-state index in [1.807, 2.05) is 24.3 Å². The summed E-state index contributed by atoms with van der Waals surface area (Å²) in [6, 6.07) is 12.7. The SMILES string of the molecule is Cn1cc(C(=O)NCc2ccccn2)c2ccccc2c1=O. The maximum absolute atomic E-state index is 12.4. The Morgan fingerprint density at radius 1 is 1.14 bits per heavy atom. The van der Waals surface area contributed by atoms with Gasteiger partial charge in [0.1, 0.15) is 0 Å². The molecule has 0 saturated carbocycles. The maximum atomic E-state index is 12.4. The molecule has 2 aromatic heterocycles. The fraction of sp³-hybridized carbons (Fsp3) is 0.118. The van der Waals surface area contributed by atoms with E-state index in [0.717, 1.165) is 5.69 Å². The molecule has 1 aromatic carbocycles. The molecule has 0 saturated heterocycles. The van der Waals surface area contributed by atoms with Crippen molar-refractivity contribution >= 4 is 16.7 Å². The van der Waals surface area contributed by atoms with Crippen LogP contribution < -0.4 is 10.9 Å². The topological polar surface area (TPSA) is 64.0 Å². The Balaban J connectivity index is 1.94. The van der Waals surface area contributed by atoms with Crippen LogP contribution in [0.15, 0.2) is 59.7 Å². The van der Waals surface area contributed by atoms with E-state index in [-0.39, 0.29) is 11.5 Å². The molecule has 5 nitrogen and oxygen atoms in total. The predicted octanol–water partition coefficient (Wildman–Crippen LogP) is 1.86. The highest BCUT2D eigenvalue weighted by molar-refractivity contribution is 6.06. The number of benzene rings is 1. The Labute approximate surface area is 127 Å². The lowest BCUT2D eigenvalue weighted by Crippen LogP contribution is -2.26. The quantitative estimate of drug-likeness (QED) is 0.801. The zero-order chi connectivity index (χ0) is 15.5. The average molecular weight is 293 g/mol. The van der Waals surface area contributed by atoms with Crippen molar-refractivity contribution in [3.8, 4) is 0 Å². The van der Waals surface area contributed by atoms with Gasteiger partial charge >= 0.3 is 0 Å². The number of pyridine rings is 2. The second kappa shape index (κ2) is 5.81. The van der Waals surface area contributed by atoms with E-state index >= 15 is 0 Å². The molecule has 2 heterocycles. The summed E-state index contributed by atoms with van der Waals surface area (Å²) in [5, 5.41) is 4.03. The van der Waals surface area contributed by atoms with E-state index in [1.54, 1.807) is 37.6 Å². The maximum Gasteiger partial charge on any atom is 0.258 e. The van der Waals surface area contributed by atoms with Gasteiger partial charge in [0.05, 0.1) is 17.8 Å². The van der Waals surface area contributed by atoms with Crippen LogP contribution >= 0.6 is 0 Å². The lowest BCUT2D eigenvalue weighted by molar-refractivity contribution is 0.0951. The fourth-order valence-electron chi connectivity index (χ4n) is 2.37. The van der Waals surface area contributed by atoms with E-state index in [9.17, 15) is 9.59 Å². The van der Waals surface area contributed by atoms with Crippen molar-refractivity contribution in [1.82, 2.24) is 14.9 Å². The number of nitrogens with one attached hydrogen (secondary N) is 1. The molecule has 1 N–H and O–H groups in total. The second-order valence-electron chi connectivity index (χ2n) is 5.01. The third-order valence-electron chi connectivity index (χ3n) is 3.49. The summed E-state index contributed by atoms with van der Waals surface area (Å²) in [7, 11) is 1.64. The summed E-state index contributed by atoms with van der Waals surface area (Å²) in [4.78, 5) is 28.7. The number of hydrogen-bond donors (Lipinski definition) is 1. The molecular weight excluding hydrogens is 278 g/mol. The first kappa shape index (κ1) is 14.0. The molecule has 0 spiro atoms. The van der Waals surface area contributed by atoms with Gasteiger partial charge in [-0.3, -0.25) is 14.6 Å². The number of nitrogens with zero attached hydrogens (tertiary/aromatic N) is 2. The van der Waals surface area contributed by atoms with Crippen LogP contribution in [0.2, 0.25) is 0 Å². The van der Waals surface area contributed by atoms with Crippen LogP contribution in [0.1, 0.15) is 16.1 Å². The molecule has 0 fully saturated rings. The van der Waals surface area contributed by atoms with Crippen LogP contribution in [0.25, 0.3) is 10.8 Å². The molecule has 0 aliphatic rings. The van der Waals surface area contributed by atoms with Gasteiger partial charge in [0.15, 0.2) is 0 Å². The Morgan fingerprint density at radius 2 is 1.86 bits per heavy atom. The minimum Gasteiger partial charge on any atom is -0.346 e. The van der Waals surface area contributed by atoms with Crippen LogP contribution in [0.4, 0.5) is 0 Å². The van der Waals surface area contributed by atoms with Gasteiger partial charge in [0.25, 0.3) is 11.5 Å². The first-order valence-electron chi connectivity index (χ1n) is 6.93. The van der Waals surface area contributed by atoms with Crippen molar-refractivity contribution in [1.29, 1.82) is 0 Å². The fourth-order valence-corrected chi connectivity index (χ4v) is 2.37. The van der Waals surface area contributed by atoms with Crippen molar-refractivity contribution in [2.45, 2.75) is 6.54 Å². The number of aromatic nitrogens is 2. The van der Waals surface area contributed by atoms with Gasteiger partial charge in [-0.15, -0.1) is 0 Å². The number of amides is 1. The monoisotopic (exact) mass is 293 g/mol. The van der Waals surface area contributed by atoms with Crippen molar-refractivity contribution in [3.63, 3.8) is 0 Å². The van der Waals surface area contributed by atoms with Crippen LogP contribution in [-0.4, -0.2) is 15.5 Å². The minimum atomic E-state index is -0.225. The highest BCUT2D eigenvalue weighted by Crippen LogP contribution is 2.15. The van der Waals surface area contributed by atoms with Gasteiger partial charge in [0, 0.05) is 30.2 Å². The first-order chi connectivity index (χ1) is 10.7. The van der Waals surface area contributed by atoms with Gasteiger partial charge in [-0.2, -0.15) is 0 Å². The van der Waals surface area contributed by atoms with E-state index in [4.69, 9.17) is 0 Å². The third kappa shape index (κ3) is 2.61. The molecule has 3 aromatic rings. The number of aryl methyl sites for hydroxylation is 1. The second-order valence-corrected chi connectivity index (χ2v) is 5.01. The summed E-state index contributed by atoms with van der Waals surface area (Å²) in [6.45, 7) is 0.344. The largest absolute Gasteiger partial charge is 0.346 e. The number of hydrogen-bond acceptors (Lipinski definition) is 3. The molecule has 22 heavy (non-hydrogen) atoms. The first-order valence-corrected chi connectivity index (χ1v) is 6.93. The van der Waals surface area contributed by atoms with E-state index < -0.39 is 0 Å². The van der Waals surface area contributed by atoms with E-state index in [0.29, 0.717) is 22.9 Å². The van der Waals surface area contributed by atoms with Crippen molar-refractivity contribution in [2.24, 2.45) is 7.05 Å². The molecular formula is C17H15N3O2. The number of fused-ring (bicyclic) bond motifs is 1. The van der Waals surface area contributed by atoms with Crippen LogP contribution in [-0.2, 0) is 13.6 Å². The zero-order valence-corrected chi connectivity index (χ0v) is 12.1. The van der Waals surface area contributed by atoms with Gasteiger partial charge in [-0.05, 0) is 18.2 Å². The van der Waals surface area contributed by atoms with Crippen molar-refractivity contribution < 1.29 is 4.79 Å². The van der Waals surface area contributed by atoms with E-state index in [2.05, 4.69) is 10.3 Å². The van der Waals surface area contributed by atoms with Gasteiger partial charge < -0.3 is 9.88 Å². The molecule has 5 heteroatoms. The summed E-state index contributed by atoms with van der Waals surface area (Å²) in [5.74, 6) is -0.225. The Hall–Kier alpha value is -2.95. The van der Waals surface area contributed by atoms with Gasteiger partial charge in [0.2, 0.25) is 0 Å². The highest BCUT2D eigenvalue weighted by atomic mass is 16.2. The van der Waals surface area contributed by atoms with Gasteiger partial charge in [-0.1, -0.05) is 24.3 Å². The predicted molar refractivity (Wildman–Crippen MR) is 84.6 cm³/mol. The summed E-state index contributed by atoms with van der Waals surface area (Å²) >= 11 is 0. The molecule has 0 aliphatic carbocycles. The third-order valence-corrected chi connectivity index (χ3v) is 3.49. The zero-order valence-electron chi connectivity index (χ0n) is 12.1. The van der Waals surface area contributed by atoms with Crippen LogP contribution in [0, 0.1) is 0 Å². The average Bonchev–Trinajstić information content (AvgIpc) is 2.57. The summed E-state index contributed by atoms with van der Waals surface area (Å²) < 4.78 is 1.43. The molecule has 1 amide bonds. The minimum absolute atomic E-state index is 0.114. The van der Waals surface area contributed by atoms with Crippen molar-refractivity contribution in [3.05, 3.63) is 76.5 Å². The molecule has 110 valence electrons. The Bertz CT molecular complexity index is 885. The smallest absolute Gasteiger partial charge is 0.258 e. The molecule has 3 rings (SSSR count). The molecule has 0 radical (unpaired) electrons. The summed E-state index contributed by atoms with van der Waals surface area (Å²) in [6.07, 6.45) is 3.25.